The van der Waals surface area contributed by atoms with Crippen LogP contribution in [-0.4, -0.2) is 28.9 Å². The molecule has 0 spiro atoms. The van der Waals surface area contributed by atoms with Crippen molar-refractivity contribution in [3.8, 4) is 0 Å². The Balaban J connectivity index is 2.07. The fourth-order valence-corrected chi connectivity index (χ4v) is 2.70. The number of amides is 2. The molecule has 2 rings (SSSR count). The average Bonchev–Trinajstić information content (AvgIpc) is 2.49. The topological polar surface area (TPSA) is 75.5 Å². The number of anilines is 1. The van der Waals surface area contributed by atoms with Crippen LogP contribution in [0.5, 0.6) is 0 Å². The summed E-state index contributed by atoms with van der Waals surface area (Å²) in [7, 11) is 1.79. The zero-order valence-electron chi connectivity index (χ0n) is 12.5. The van der Waals surface area contributed by atoms with Gasteiger partial charge in [-0.1, -0.05) is 25.3 Å². The molecule has 0 heterocycles. The first-order valence-electron chi connectivity index (χ1n) is 7.28. The van der Waals surface area contributed by atoms with Gasteiger partial charge in [0.15, 0.2) is 0 Å². The highest BCUT2D eigenvalue weighted by molar-refractivity contribution is 5.90. The van der Waals surface area contributed by atoms with Crippen molar-refractivity contribution in [2.75, 3.05) is 12.4 Å². The number of nitro groups is 1. The van der Waals surface area contributed by atoms with Gasteiger partial charge in [0.25, 0.3) is 5.69 Å². The lowest BCUT2D eigenvalue weighted by molar-refractivity contribution is -0.384. The number of urea groups is 1. The minimum Gasteiger partial charge on any atom is -0.325 e. The first kappa shape index (κ1) is 15.3. The minimum atomic E-state index is -0.458. The fraction of sp³-hybridized carbons (Fsp3) is 0.533. The molecule has 0 aromatic heterocycles. The van der Waals surface area contributed by atoms with Crippen LogP contribution in [0.3, 0.4) is 0 Å². The van der Waals surface area contributed by atoms with Gasteiger partial charge in [0.2, 0.25) is 0 Å². The monoisotopic (exact) mass is 291 g/mol. The van der Waals surface area contributed by atoms with Crippen LogP contribution in [0.25, 0.3) is 0 Å². The summed E-state index contributed by atoms with van der Waals surface area (Å²) >= 11 is 0. The van der Waals surface area contributed by atoms with E-state index in [2.05, 4.69) is 5.32 Å². The maximum Gasteiger partial charge on any atom is 0.321 e. The molecule has 0 saturated heterocycles. The van der Waals surface area contributed by atoms with Crippen LogP contribution in [-0.2, 0) is 0 Å². The van der Waals surface area contributed by atoms with Gasteiger partial charge < -0.3 is 10.2 Å². The van der Waals surface area contributed by atoms with Gasteiger partial charge in [0, 0.05) is 25.2 Å². The summed E-state index contributed by atoms with van der Waals surface area (Å²) in [6.45, 7) is 1.82. The second-order valence-corrected chi connectivity index (χ2v) is 5.59. The van der Waals surface area contributed by atoms with E-state index in [-0.39, 0.29) is 17.8 Å². The molecule has 1 N–H and O–H groups in total. The standard InChI is InChI=1S/C15H21N3O3/c1-11-8-9-13(18(20)21)10-14(11)16-15(19)17(2)12-6-4-3-5-7-12/h8-10,12H,3-7H2,1-2H3,(H,16,19). The van der Waals surface area contributed by atoms with E-state index in [0.29, 0.717) is 5.69 Å². The Morgan fingerprint density at radius 1 is 1.33 bits per heavy atom. The number of hydrogen-bond donors (Lipinski definition) is 1. The molecule has 1 saturated carbocycles. The van der Waals surface area contributed by atoms with Crippen LogP contribution < -0.4 is 5.32 Å². The Kier molecular flexibility index (Phi) is 4.77. The maximum absolute atomic E-state index is 12.3. The Hall–Kier alpha value is -2.11. The number of nitrogens with zero attached hydrogens (tertiary/aromatic N) is 2. The largest absolute Gasteiger partial charge is 0.325 e. The summed E-state index contributed by atoms with van der Waals surface area (Å²) in [6.07, 6.45) is 5.59. The summed E-state index contributed by atoms with van der Waals surface area (Å²) < 4.78 is 0. The van der Waals surface area contributed by atoms with Crippen molar-refractivity contribution >= 4 is 17.4 Å². The number of carbonyl (C=O) groups is 1. The van der Waals surface area contributed by atoms with Crippen LogP contribution in [0.2, 0.25) is 0 Å². The van der Waals surface area contributed by atoms with Gasteiger partial charge in [-0.3, -0.25) is 10.1 Å². The number of aryl methyl sites for hydroxylation is 1. The normalized spacial score (nSPS) is 15.5. The number of nitro benzene ring substituents is 1. The molecule has 0 bridgehead atoms. The van der Waals surface area contributed by atoms with Crippen LogP contribution in [0.15, 0.2) is 18.2 Å². The Bertz CT molecular complexity index is 539. The third-order valence-electron chi connectivity index (χ3n) is 4.12. The van der Waals surface area contributed by atoms with Gasteiger partial charge in [-0.2, -0.15) is 0 Å². The first-order valence-corrected chi connectivity index (χ1v) is 7.28. The highest BCUT2D eigenvalue weighted by atomic mass is 16.6. The molecule has 2 amide bonds. The van der Waals surface area contributed by atoms with Crippen molar-refractivity contribution in [3.05, 3.63) is 33.9 Å². The molecule has 0 atom stereocenters. The minimum absolute atomic E-state index is 0.0174. The molecule has 1 aromatic carbocycles. The number of hydrogen-bond acceptors (Lipinski definition) is 3. The number of non-ortho nitro benzene ring substituents is 1. The average molecular weight is 291 g/mol. The molecule has 0 unspecified atom stereocenters. The molecule has 1 aromatic rings. The van der Waals surface area contributed by atoms with Crippen molar-refractivity contribution < 1.29 is 9.72 Å². The molecule has 1 fully saturated rings. The van der Waals surface area contributed by atoms with Gasteiger partial charge in [0.05, 0.1) is 10.6 Å². The van der Waals surface area contributed by atoms with E-state index in [9.17, 15) is 14.9 Å². The van der Waals surface area contributed by atoms with E-state index in [4.69, 9.17) is 0 Å². The third kappa shape index (κ3) is 3.71. The molecule has 1 aliphatic rings. The molecule has 0 aliphatic heterocycles. The number of rotatable bonds is 3. The summed E-state index contributed by atoms with van der Waals surface area (Å²) in [4.78, 5) is 24.4. The predicted octanol–water partition coefficient (Wildman–Crippen LogP) is 3.70. The van der Waals surface area contributed by atoms with Crippen molar-refractivity contribution in [1.29, 1.82) is 0 Å². The first-order chi connectivity index (χ1) is 9.99. The molecule has 114 valence electrons. The highest BCUT2D eigenvalue weighted by Gasteiger charge is 2.22. The molecule has 6 nitrogen and oxygen atoms in total. The van der Waals surface area contributed by atoms with Gasteiger partial charge >= 0.3 is 6.03 Å². The Morgan fingerprint density at radius 2 is 2.00 bits per heavy atom. The van der Waals surface area contributed by atoms with Crippen LogP contribution >= 0.6 is 0 Å². The van der Waals surface area contributed by atoms with E-state index in [1.54, 1.807) is 18.0 Å². The number of carbonyl (C=O) groups excluding carboxylic acids is 1. The van der Waals surface area contributed by atoms with E-state index in [1.807, 2.05) is 6.92 Å². The van der Waals surface area contributed by atoms with Crippen molar-refractivity contribution in [1.82, 2.24) is 4.90 Å². The Labute approximate surface area is 124 Å². The van der Waals surface area contributed by atoms with Gasteiger partial charge in [-0.25, -0.2) is 4.79 Å². The lowest BCUT2D eigenvalue weighted by atomic mass is 9.95. The summed E-state index contributed by atoms with van der Waals surface area (Å²) in [6, 6.07) is 4.55. The van der Waals surface area contributed by atoms with Crippen LogP contribution in [0.1, 0.15) is 37.7 Å². The summed E-state index contributed by atoms with van der Waals surface area (Å²) in [5, 5.41) is 13.6. The van der Waals surface area contributed by atoms with Crippen molar-refractivity contribution in [2.24, 2.45) is 0 Å². The second kappa shape index (κ2) is 6.56. The molecular formula is C15H21N3O3. The van der Waals surface area contributed by atoms with Crippen molar-refractivity contribution in [3.63, 3.8) is 0 Å². The van der Waals surface area contributed by atoms with E-state index in [0.717, 1.165) is 31.2 Å². The van der Waals surface area contributed by atoms with E-state index in [1.165, 1.54) is 18.6 Å². The van der Waals surface area contributed by atoms with E-state index < -0.39 is 4.92 Å². The van der Waals surface area contributed by atoms with Gasteiger partial charge in [-0.05, 0) is 25.3 Å². The molecule has 21 heavy (non-hydrogen) atoms. The maximum atomic E-state index is 12.3. The fourth-order valence-electron chi connectivity index (χ4n) is 2.70. The molecule has 6 heteroatoms. The highest BCUT2D eigenvalue weighted by Crippen LogP contribution is 2.24. The molecule has 1 aliphatic carbocycles. The lowest BCUT2D eigenvalue weighted by Crippen LogP contribution is -2.41. The number of nitrogens with one attached hydrogen (secondary N) is 1. The van der Waals surface area contributed by atoms with Crippen LogP contribution in [0.4, 0.5) is 16.2 Å². The molecular weight excluding hydrogens is 270 g/mol. The second-order valence-electron chi connectivity index (χ2n) is 5.59. The lowest BCUT2D eigenvalue weighted by Gasteiger charge is -2.31. The van der Waals surface area contributed by atoms with Crippen molar-refractivity contribution in [2.45, 2.75) is 45.1 Å². The van der Waals surface area contributed by atoms with Crippen LogP contribution in [0, 0.1) is 17.0 Å². The van der Waals surface area contributed by atoms with Gasteiger partial charge in [0.1, 0.15) is 0 Å². The third-order valence-corrected chi connectivity index (χ3v) is 4.12. The quantitative estimate of drug-likeness (QED) is 0.681. The number of benzene rings is 1. The van der Waals surface area contributed by atoms with Gasteiger partial charge in [-0.15, -0.1) is 0 Å². The zero-order chi connectivity index (χ0) is 15.4. The Morgan fingerprint density at radius 3 is 2.62 bits per heavy atom. The SMILES string of the molecule is Cc1ccc([N+](=O)[O-])cc1NC(=O)N(C)C1CCCCC1. The smallest absolute Gasteiger partial charge is 0.321 e. The predicted molar refractivity (Wildman–Crippen MR) is 81.5 cm³/mol. The molecule has 0 radical (unpaired) electrons. The zero-order valence-corrected chi connectivity index (χ0v) is 12.5. The van der Waals surface area contributed by atoms with E-state index >= 15 is 0 Å². The summed E-state index contributed by atoms with van der Waals surface area (Å²) in [5.74, 6) is 0. The summed E-state index contributed by atoms with van der Waals surface area (Å²) in [5.41, 5.74) is 1.29.